The van der Waals surface area contributed by atoms with Crippen molar-refractivity contribution in [3.63, 3.8) is 0 Å². The molecule has 4 nitrogen and oxygen atoms in total. The summed E-state index contributed by atoms with van der Waals surface area (Å²) >= 11 is 1.59. The Labute approximate surface area is 114 Å². The van der Waals surface area contributed by atoms with E-state index in [9.17, 15) is 4.79 Å². The van der Waals surface area contributed by atoms with Crippen LogP contribution in [-0.2, 0) is 4.79 Å². The van der Waals surface area contributed by atoms with Crippen LogP contribution >= 0.6 is 11.3 Å². The van der Waals surface area contributed by atoms with Crippen LogP contribution in [0.15, 0.2) is 42.0 Å². The van der Waals surface area contributed by atoms with Crippen molar-refractivity contribution in [1.82, 2.24) is 9.38 Å². The van der Waals surface area contributed by atoms with Crippen LogP contribution in [0.2, 0.25) is 0 Å². The molecule has 5 heteroatoms. The normalized spacial score (nSPS) is 10.8. The number of carbonyl (C=O) groups excluding carboxylic acids is 1. The minimum atomic E-state index is 0.00784. The molecule has 3 aromatic rings. The summed E-state index contributed by atoms with van der Waals surface area (Å²) in [6, 6.07) is 7.73. The van der Waals surface area contributed by atoms with Crippen molar-refractivity contribution in [3.05, 3.63) is 42.0 Å². The van der Waals surface area contributed by atoms with Crippen molar-refractivity contribution >= 4 is 27.9 Å². The second kappa shape index (κ2) is 4.85. The van der Waals surface area contributed by atoms with Gasteiger partial charge in [-0.05, 0) is 6.07 Å². The molecule has 1 amide bonds. The van der Waals surface area contributed by atoms with Crippen LogP contribution in [0.5, 0.6) is 0 Å². The van der Waals surface area contributed by atoms with Gasteiger partial charge in [0.25, 0.3) is 0 Å². The first-order valence-corrected chi connectivity index (χ1v) is 6.97. The quantitative estimate of drug-likeness (QED) is 0.793. The summed E-state index contributed by atoms with van der Waals surface area (Å²) < 4.78 is 1.98. The van der Waals surface area contributed by atoms with E-state index in [2.05, 4.69) is 10.3 Å². The lowest BCUT2D eigenvalue weighted by Gasteiger charge is -2.08. The molecule has 3 rings (SSSR count). The van der Waals surface area contributed by atoms with E-state index in [4.69, 9.17) is 0 Å². The van der Waals surface area contributed by atoms with Gasteiger partial charge in [0.15, 0.2) is 4.96 Å². The maximum atomic E-state index is 11.6. The van der Waals surface area contributed by atoms with Crippen molar-refractivity contribution in [2.75, 3.05) is 5.32 Å². The highest BCUT2D eigenvalue weighted by atomic mass is 32.1. The number of nitrogens with zero attached hydrogens (tertiary/aromatic N) is 2. The maximum Gasteiger partial charge on any atom is 0.224 e. The Kier molecular flexibility index (Phi) is 3.05. The molecule has 2 aromatic heterocycles. The van der Waals surface area contributed by atoms with E-state index in [1.54, 1.807) is 11.3 Å². The highest BCUT2D eigenvalue weighted by molar-refractivity contribution is 7.15. The number of para-hydroxylation sites is 1. The Hall–Kier alpha value is -2.14. The molecule has 0 radical (unpaired) electrons. The molecule has 0 aliphatic carbocycles. The molecular formula is C14H13N3OS. The minimum absolute atomic E-state index is 0.00784. The van der Waals surface area contributed by atoms with Crippen LogP contribution in [0.4, 0.5) is 5.69 Å². The Morgan fingerprint density at radius 3 is 3.05 bits per heavy atom. The summed E-state index contributed by atoms with van der Waals surface area (Å²) in [4.78, 5) is 17.1. The van der Waals surface area contributed by atoms with E-state index >= 15 is 0 Å². The number of rotatable bonds is 3. The molecule has 19 heavy (non-hydrogen) atoms. The smallest absolute Gasteiger partial charge is 0.224 e. The SMILES string of the molecule is CCC(=O)Nc1ccccc1-c1cn2ccsc2n1. The number of hydrogen-bond acceptors (Lipinski definition) is 3. The molecule has 0 aliphatic rings. The average molecular weight is 271 g/mol. The summed E-state index contributed by atoms with van der Waals surface area (Å²) in [5, 5.41) is 4.91. The molecule has 2 heterocycles. The highest BCUT2D eigenvalue weighted by Gasteiger charge is 2.10. The number of hydrogen-bond donors (Lipinski definition) is 1. The summed E-state index contributed by atoms with van der Waals surface area (Å²) in [6.45, 7) is 1.84. The number of fused-ring (bicyclic) bond motifs is 1. The minimum Gasteiger partial charge on any atom is -0.325 e. The van der Waals surface area contributed by atoms with Crippen LogP contribution in [0, 0.1) is 0 Å². The van der Waals surface area contributed by atoms with Gasteiger partial charge in [0.05, 0.1) is 11.4 Å². The van der Waals surface area contributed by atoms with E-state index in [-0.39, 0.29) is 5.91 Å². The van der Waals surface area contributed by atoms with Crippen LogP contribution in [0.3, 0.4) is 0 Å². The van der Waals surface area contributed by atoms with Crippen molar-refractivity contribution < 1.29 is 4.79 Å². The molecule has 0 aliphatic heterocycles. The van der Waals surface area contributed by atoms with Gasteiger partial charge in [0.1, 0.15) is 0 Å². The van der Waals surface area contributed by atoms with Crippen molar-refractivity contribution in [2.45, 2.75) is 13.3 Å². The third-order valence-electron chi connectivity index (χ3n) is 2.89. The fourth-order valence-corrected chi connectivity index (χ4v) is 2.61. The van der Waals surface area contributed by atoms with Crippen LogP contribution in [-0.4, -0.2) is 15.3 Å². The number of imidazole rings is 1. The van der Waals surface area contributed by atoms with Gasteiger partial charge in [-0.1, -0.05) is 25.1 Å². The van der Waals surface area contributed by atoms with Crippen LogP contribution < -0.4 is 5.32 Å². The number of benzene rings is 1. The zero-order valence-electron chi connectivity index (χ0n) is 10.5. The lowest BCUT2D eigenvalue weighted by atomic mass is 10.1. The fourth-order valence-electron chi connectivity index (χ4n) is 1.91. The molecule has 1 N–H and O–H groups in total. The second-order valence-electron chi connectivity index (χ2n) is 4.17. The van der Waals surface area contributed by atoms with Gasteiger partial charge in [0, 0.05) is 29.8 Å². The zero-order valence-corrected chi connectivity index (χ0v) is 11.3. The standard InChI is InChI=1S/C14H13N3OS/c1-2-13(18)15-11-6-4-3-5-10(11)12-9-17-7-8-19-14(17)16-12/h3-9H,2H2,1H3,(H,15,18). The van der Waals surface area contributed by atoms with Gasteiger partial charge in [0.2, 0.25) is 5.91 Å². The second-order valence-corrected chi connectivity index (χ2v) is 5.04. The van der Waals surface area contributed by atoms with E-state index in [1.165, 1.54) is 0 Å². The van der Waals surface area contributed by atoms with Crippen molar-refractivity contribution in [3.8, 4) is 11.3 Å². The molecule has 0 atom stereocenters. The summed E-state index contributed by atoms with van der Waals surface area (Å²) in [5.74, 6) is 0.00784. The van der Waals surface area contributed by atoms with E-state index in [1.807, 2.05) is 53.4 Å². The largest absolute Gasteiger partial charge is 0.325 e. The molecule has 0 saturated carbocycles. The summed E-state index contributed by atoms with van der Waals surface area (Å²) in [5.41, 5.74) is 2.62. The van der Waals surface area contributed by atoms with E-state index in [0.717, 1.165) is 21.9 Å². The Morgan fingerprint density at radius 2 is 2.26 bits per heavy atom. The summed E-state index contributed by atoms with van der Waals surface area (Å²) in [7, 11) is 0. The third-order valence-corrected chi connectivity index (χ3v) is 3.66. The van der Waals surface area contributed by atoms with Crippen LogP contribution in [0.25, 0.3) is 16.2 Å². The molecule has 96 valence electrons. The lowest BCUT2D eigenvalue weighted by molar-refractivity contribution is -0.115. The number of thiazole rings is 1. The third kappa shape index (κ3) is 2.24. The molecule has 0 spiro atoms. The fraction of sp³-hybridized carbons (Fsp3) is 0.143. The van der Waals surface area contributed by atoms with Gasteiger partial charge in [-0.25, -0.2) is 4.98 Å². The molecule has 0 saturated heterocycles. The van der Waals surface area contributed by atoms with Gasteiger partial charge in [-0.3, -0.25) is 9.20 Å². The first kappa shape index (κ1) is 11.9. The Morgan fingerprint density at radius 1 is 1.42 bits per heavy atom. The number of carbonyl (C=O) groups is 1. The highest BCUT2D eigenvalue weighted by Crippen LogP contribution is 2.28. The predicted octanol–water partition coefficient (Wildman–Crippen LogP) is 3.41. The molecule has 1 aromatic carbocycles. The molecule has 0 unspecified atom stereocenters. The maximum absolute atomic E-state index is 11.6. The van der Waals surface area contributed by atoms with E-state index in [0.29, 0.717) is 6.42 Å². The van der Waals surface area contributed by atoms with Gasteiger partial charge >= 0.3 is 0 Å². The number of amides is 1. The number of aromatic nitrogens is 2. The Balaban J connectivity index is 2.04. The van der Waals surface area contributed by atoms with E-state index < -0.39 is 0 Å². The van der Waals surface area contributed by atoms with Gasteiger partial charge in [-0.15, -0.1) is 11.3 Å². The number of anilines is 1. The molecular weight excluding hydrogens is 258 g/mol. The topological polar surface area (TPSA) is 46.4 Å². The lowest BCUT2D eigenvalue weighted by Crippen LogP contribution is -2.10. The van der Waals surface area contributed by atoms with Gasteiger partial charge in [-0.2, -0.15) is 0 Å². The first-order valence-electron chi connectivity index (χ1n) is 6.09. The zero-order chi connectivity index (χ0) is 13.2. The number of nitrogens with one attached hydrogen (secondary N) is 1. The predicted molar refractivity (Wildman–Crippen MR) is 77.4 cm³/mol. The molecule has 0 fully saturated rings. The summed E-state index contributed by atoms with van der Waals surface area (Å²) in [6.07, 6.45) is 4.42. The first-order chi connectivity index (χ1) is 9.28. The van der Waals surface area contributed by atoms with Crippen molar-refractivity contribution in [1.29, 1.82) is 0 Å². The van der Waals surface area contributed by atoms with Crippen molar-refractivity contribution in [2.24, 2.45) is 0 Å². The van der Waals surface area contributed by atoms with Gasteiger partial charge < -0.3 is 5.32 Å². The Bertz CT molecular complexity index is 700. The molecule has 0 bridgehead atoms. The monoisotopic (exact) mass is 271 g/mol. The average Bonchev–Trinajstić information content (AvgIpc) is 3.00. The van der Waals surface area contributed by atoms with Crippen LogP contribution in [0.1, 0.15) is 13.3 Å².